The van der Waals surface area contributed by atoms with Gasteiger partial charge in [0, 0.05) is 38.0 Å². The highest BCUT2D eigenvalue weighted by Gasteiger charge is 2.05. The quantitative estimate of drug-likeness (QED) is 0.779. The van der Waals surface area contributed by atoms with Gasteiger partial charge < -0.3 is 0 Å². The standard InChI is InChI=1S/C14H17N3O/c1-17-11-12(10-16-17)5-7-14(18)8-6-13-4-2-3-9-15-13/h2-4,9-11H,5-8H2,1H3. The Morgan fingerprint density at radius 3 is 2.78 bits per heavy atom. The molecule has 2 aromatic rings. The van der Waals surface area contributed by atoms with Crippen molar-refractivity contribution in [1.82, 2.24) is 14.8 Å². The van der Waals surface area contributed by atoms with Gasteiger partial charge in [-0.15, -0.1) is 0 Å². The first-order valence-electron chi connectivity index (χ1n) is 6.13. The lowest BCUT2D eigenvalue weighted by Gasteiger charge is -2.00. The summed E-state index contributed by atoms with van der Waals surface area (Å²) in [5.74, 6) is 0.282. The molecule has 4 nitrogen and oxygen atoms in total. The highest BCUT2D eigenvalue weighted by molar-refractivity contribution is 5.78. The van der Waals surface area contributed by atoms with Crippen molar-refractivity contribution in [1.29, 1.82) is 0 Å². The maximum Gasteiger partial charge on any atom is 0.133 e. The summed E-state index contributed by atoms with van der Waals surface area (Å²) in [6.45, 7) is 0. The van der Waals surface area contributed by atoms with E-state index in [2.05, 4.69) is 10.1 Å². The molecule has 0 N–H and O–H groups in total. The summed E-state index contributed by atoms with van der Waals surface area (Å²) >= 11 is 0. The first-order chi connectivity index (χ1) is 8.74. The van der Waals surface area contributed by atoms with E-state index in [4.69, 9.17) is 0 Å². The molecule has 0 amide bonds. The average molecular weight is 243 g/mol. The van der Waals surface area contributed by atoms with Crippen molar-refractivity contribution in [3.8, 4) is 0 Å². The number of rotatable bonds is 6. The number of carbonyl (C=O) groups is 1. The van der Waals surface area contributed by atoms with E-state index in [9.17, 15) is 4.79 Å². The molecule has 0 unspecified atom stereocenters. The van der Waals surface area contributed by atoms with Crippen LogP contribution in [0, 0.1) is 0 Å². The zero-order valence-corrected chi connectivity index (χ0v) is 10.5. The minimum atomic E-state index is 0.282. The van der Waals surface area contributed by atoms with Crippen LogP contribution in [0.15, 0.2) is 36.8 Å². The van der Waals surface area contributed by atoms with E-state index in [-0.39, 0.29) is 5.78 Å². The molecule has 4 heteroatoms. The number of carbonyl (C=O) groups excluding carboxylic acids is 1. The van der Waals surface area contributed by atoms with Gasteiger partial charge in [-0.1, -0.05) is 6.07 Å². The van der Waals surface area contributed by atoms with E-state index in [1.165, 1.54) is 0 Å². The monoisotopic (exact) mass is 243 g/mol. The molecule has 18 heavy (non-hydrogen) atoms. The van der Waals surface area contributed by atoms with Crippen LogP contribution < -0.4 is 0 Å². The fourth-order valence-electron chi connectivity index (χ4n) is 1.82. The Balaban J connectivity index is 1.73. The van der Waals surface area contributed by atoms with E-state index >= 15 is 0 Å². The van der Waals surface area contributed by atoms with Crippen LogP contribution in [-0.2, 0) is 24.7 Å². The van der Waals surface area contributed by atoms with Gasteiger partial charge >= 0.3 is 0 Å². The third kappa shape index (κ3) is 3.80. The number of Topliss-reactive ketones (excluding diaryl/α,β-unsaturated/α-hetero) is 1. The highest BCUT2D eigenvalue weighted by Crippen LogP contribution is 2.05. The number of hydrogen-bond donors (Lipinski definition) is 0. The summed E-state index contributed by atoms with van der Waals surface area (Å²) < 4.78 is 1.76. The third-order valence-corrected chi connectivity index (χ3v) is 2.84. The fraction of sp³-hybridized carbons (Fsp3) is 0.357. The summed E-state index contributed by atoms with van der Waals surface area (Å²) in [6.07, 6.45) is 8.17. The lowest BCUT2D eigenvalue weighted by Crippen LogP contribution is -2.02. The van der Waals surface area contributed by atoms with Crippen molar-refractivity contribution < 1.29 is 4.79 Å². The van der Waals surface area contributed by atoms with Gasteiger partial charge in [-0.2, -0.15) is 5.10 Å². The Morgan fingerprint density at radius 2 is 2.11 bits per heavy atom. The molecular weight excluding hydrogens is 226 g/mol. The van der Waals surface area contributed by atoms with E-state index in [0.717, 1.165) is 24.1 Å². The molecule has 0 aliphatic carbocycles. The van der Waals surface area contributed by atoms with Gasteiger partial charge in [0.05, 0.1) is 6.20 Å². The highest BCUT2D eigenvalue weighted by atomic mass is 16.1. The molecule has 0 aliphatic rings. The van der Waals surface area contributed by atoms with Crippen molar-refractivity contribution in [3.05, 3.63) is 48.0 Å². The Kier molecular flexibility index (Phi) is 4.23. The van der Waals surface area contributed by atoms with Crippen molar-refractivity contribution in [3.63, 3.8) is 0 Å². The van der Waals surface area contributed by atoms with E-state index in [0.29, 0.717) is 12.8 Å². The van der Waals surface area contributed by atoms with Crippen LogP contribution in [0.3, 0.4) is 0 Å². The predicted octanol–water partition coefficient (Wildman–Crippen LogP) is 1.95. The maximum atomic E-state index is 11.7. The van der Waals surface area contributed by atoms with Crippen LogP contribution in [0.5, 0.6) is 0 Å². The lowest BCUT2D eigenvalue weighted by atomic mass is 10.1. The van der Waals surface area contributed by atoms with Gasteiger partial charge in [0.2, 0.25) is 0 Å². The van der Waals surface area contributed by atoms with Crippen LogP contribution >= 0.6 is 0 Å². The second kappa shape index (κ2) is 6.10. The van der Waals surface area contributed by atoms with Crippen molar-refractivity contribution in [2.75, 3.05) is 0 Å². The van der Waals surface area contributed by atoms with Crippen molar-refractivity contribution in [2.24, 2.45) is 7.05 Å². The van der Waals surface area contributed by atoms with E-state index in [1.807, 2.05) is 37.6 Å². The van der Waals surface area contributed by atoms with E-state index in [1.54, 1.807) is 10.9 Å². The Labute approximate surface area is 107 Å². The molecule has 2 aromatic heterocycles. The summed E-state index contributed by atoms with van der Waals surface area (Å²) in [5, 5.41) is 4.08. The molecule has 0 radical (unpaired) electrons. The van der Waals surface area contributed by atoms with E-state index < -0.39 is 0 Å². The summed E-state index contributed by atoms with van der Waals surface area (Å²) in [5.41, 5.74) is 2.09. The summed E-state index contributed by atoms with van der Waals surface area (Å²) in [6, 6.07) is 5.78. The second-order valence-corrected chi connectivity index (χ2v) is 4.38. The lowest BCUT2D eigenvalue weighted by molar-refractivity contribution is -0.119. The Bertz CT molecular complexity index is 505. The zero-order valence-electron chi connectivity index (χ0n) is 10.5. The van der Waals surface area contributed by atoms with Gasteiger partial charge in [-0.25, -0.2) is 0 Å². The largest absolute Gasteiger partial charge is 0.300 e. The van der Waals surface area contributed by atoms with Crippen LogP contribution in [0.1, 0.15) is 24.1 Å². The Hall–Kier alpha value is -1.97. The van der Waals surface area contributed by atoms with Crippen LogP contribution in [0.4, 0.5) is 0 Å². The molecule has 0 saturated heterocycles. The van der Waals surface area contributed by atoms with Gasteiger partial charge in [-0.3, -0.25) is 14.5 Å². The number of hydrogen-bond acceptors (Lipinski definition) is 3. The second-order valence-electron chi connectivity index (χ2n) is 4.38. The molecule has 0 atom stereocenters. The van der Waals surface area contributed by atoms with Crippen LogP contribution in [-0.4, -0.2) is 20.5 Å². The molecular formula is C14H17N3O. The molecule has 2 rings (SSSR count). The van der Waals surface area contributed by atoms with Crippen LogP contribution in [0.25, 0.3) is 0 Å². The summed E-state index contributed by atoms with van der Waals surface area (Å²) in [7, 11) is 1.88. The average Bonchev–Trinajstić information content (AvgIpc) is 2.81. The molecule has 0 aliphatic heterocycles. The number of aromatic nitrogens is 3. The van der Waals surface area contributed by atoms with Gasteiger partial charge in [0.1, 0.15) is 5.78 Å². The number of pyridine rings is 1. The smallest absolute Gasteiger partial charge is 0.133 e. The number of nitrogens with zero attached hydrogens (tertiary/aromatic N) is 3. The third-order valence-electron chi connectivity index (χ3n) is 2.84. The first kappa shape index (κ1) is 12.5. The minimum absolute atomic E-state index is 0.282. The van der Waals surface area contributed by atoms with Gasteiger partial charge in [0.25, 0.3) is 0 Å². The number of aryl methyl sites for hydroxylation is 3. The zero-order chi connectivity index (χ0) is 12.8. The molecule has 0 fully saturated rings. The minimum Gasteiger partial charge on any atom is -0.300 e. The van der Waals surface area contributed by atoms with Crippen molar-refractivity contribution in [2.45, 2.75) is 25.7 Å². The molecule has 0 saturated carbocycles. The number of ketones is 1. The maximum absolute atomic E-state index is 11.7. The van der Waals surface area contributed by atoms with Crippen LogP contribution in [0.2, 0.25) is 0 Å². The summed E-state index contributed by atoms with van der Waals surface area (Å²) in [4.78, 5) is 15.9. The molecule has 94 valence electrons. The fourth-order valence-corrected chi connectivity index (χ4v) is 1.82. The van der Waals surface area contributed by atoms with Crippen molar-refractivity contribution >= 4 is 5.78 Å². The normalized spacial score (nSPS) is 10.5. The topological polar surface area (TPSA) is 47.8 Å². The molecule has 0 spiro atoms. The first-order valence-corrected chi connectivity index (χ1v) is 6.13. The van der Waals surface area contributed by atoms with Gasteiger partial charge in [0.15, 0.2) is 0 Å². The molecule has 2 heterocycles. The predicted molar refractivity (Wildman–Crippen MR) is 69.1 cm³/mol. The Morgan fingerprint density at radius 1 is 1.28 bits per heavy atom. The molecule has 0 aromatic carbocycles. The van der Waals surface area contributed by atoms with Gasteiger partial charge in [-0.05, 0) is 30.5 Å². The molecule has 0 bridgehead atoms. The SMILES string of the molecule is Cn1cc(CCC(=O)CCc2ccccn2)cn1.